The molecule has 1 heterocycles. The van der Waals surface area contributed by atoms with E-state index in [0.717, 1.165) is 16.9 Å². The first-order chi connectivity index (χ1) is 11.8. The minimum absolute atomic E-state index is 0.0695. The average molecular weight is 330 g/mol. The molecule has 0 fully saturated rings. The molecule has 1 N–H and O–H groups in total. The quantitative estimate of drug-likeness (QED) is 0.681. The number of hydrogen-bond donors (Lipinski definition) is 1. The molecule has 3 aromatic rings. The van der Waals surface area contributed by atoms with Crippen molar-refractivity contribution in [3.05, 3.63) is 101 Å². The van der Waals surface area contributed by atoms with Crippen LogP contribution in [0.15, 0.2) is 77.7 Å². The first kappa shape index (κ1) is 15.3. The van der Waals surface area contributed by atoms with E-state index in [9.17, 15) is 5.11 Å². The summed E-state index contributed by atoms with van der Waals surface area (Å²) in [5, 5.41) is 9.40. The first-order valence-electron chi connectivity index (χ1n) is 8.07. The number of aliphatic hydroxyl groups excluding tert-OH is 1. The minimum atomic E-state index is 0.0695. The number of aliphatic hydroxyl groups is 1. The molecule has 0 saturated heterocycles. The van der Waals surface area contributed by atoms with Crippen molar-refractivity contribution in [1.29, 1.82) is 0 Å². The molecule has 1 aliphatic heterocycles. The molecule has 3 aromatic carbocycles. The predicted octanol–water partition coefficient (Wildman–Crippen LogP) is 5.37. The Hall–Kier alpha value is -2.29. The summed E-state index contributed by atoms with van der Waals surface area (Å²) in [7, 11) is 0. The molecular formula is C22H18OS. The topological polar surface area (TPSA) is 20.2 Å². The fraction of sp³-hybridized carbons (Fsp3) is 0.0909. The molecule has 0 aromatic heterocycles. The van der Waals surface area contributed by atoms with Crippen LogP contribution in [0.1, 0.15) is 27.8 Å². The molecule has 0 amide bonds. The van der Waals surface area contributed by atoms with Gasteiger partial charge in [0.05, 0.1) is 6.61 Å². The van der Waals surface area contributed by atoms with E-state index in [0.29, 0.717) is 0 Å². The SMILES string of the molecule is OCc1cccc(/C=C2\c3ccccc3CSc3ccccc32)c1. The highest BCUT2D eigenvalue weighted by atomic mass is 32.2. The zero-order chi connectivity index (χ0) is 16.4. The van der Waals surface area contributed by atoms with E-state index in [-0.39, 0.29) is 6.61 Å². The fourth-order valence-electron chi connectivity index (χ4n) is 3.13. The zero-order valence-corrected chi connectivity index (χ0v) is 14.1. The van der Waals surface area contributed by atoms with E-state index in [1.807, 2.05) is 23.9 Å². The lowest BCUT2D eigenvalue weighted by atomic mass is 9.92. The van der Waals surface area contributed by atoms with Crippen molar-refractivity contribution in [2.75, 3.05) is 0 Å². The summed E-state index contributed by atoms with van der Waals surface area (Å²) < 4.78 is 0. The van der Waals surface area contributed by atoms with Crippen LogP contribution in [0.2, 0.25) is 0 Å². The lowest BCUT2D eigenvalue weighted by Crippen LogP contribution is -1.92. The van der Waals surface area contributed by atoms with Gasteiger partial charge < -0.3 is 5.11 Å². The molecule has 1 aliphatic rings. The van der Waals surface area contributed by atoms with Gasteiger partial charge in [0.2, 0.25) is 0 Å². The van der Waals surface area contributed by atoms with Gasteiger partial charge in [0, 0.05) is 10.6 Å². The third kappa shape index (κ3) is 2.91. The second-order valence-electron chi connectivity index (χ2n) is 5.90. The Kier molecular flexibility index (Phi) is 4.24. The molecule has 1 nitrogen and oxygen atoms in total. The largest absolute Gasteiger partial charge is 0.392 e. The molecular weight excluding hydrogens is 312 g/mol. The van der Waals surface area contributed by atoms with Crippen molar-refractivity contribution in [2.24, 2.45) is 0 Å². The average Bonchev–Trinajstić information content (AvgIpc) is 2.80. The maximum Gasteiger partial charge on any atom is 0.0682 e. The summed E-state index contributed by atoms with van der Waals surface area (Å²) >= 11 is 1.89. The zero-order valence-electron chi connectivity index (χ0n) is 13.3. The van der Waals surface area contributed by atoms with E-state index in [2.05, 4.69) is 66.7 Å². The maximum absolute atomic E-state index is 9.40. The molecule has 0 unspecified atom stereocenters. The molecule has 0 radical (unpaired) electrons. The number of benzene rings is 3. The smallest absolute Gasteiger partial charge is 0.0682 e. The standard InChI is InChI=1S/C22H18OS/c23-14-17-7-5-6-16(12-17)13-21-19-9-2-1-8-18(19)15-24-22-11-4-3-10-20(21)22/h1-13,23H,14-15H2/b21-13+. The van der Waals surface area contributed by atoms with E-state index in [1.165, 1.54) is 27.2 Å². The molecule has 0 bridgehead atoms. The summed E-state index contributed by atoms with van der Waals surface area (Å²) in [5.41, 5.74) is 7.25. The molecule has 0 spiro atoms. The molecule has 0 saturated carbocycles. The van der Waals surface area contributed by atoms with Gasteiger partial charge in [-0.05, 0) is 51.6 Å². The Labute approximate surface area is 146 Å². The van der Waals surface area contributed by atoms with Crippen molar-refractivity contribution in [1.82, 2.24) is 0 Å². The van der Waals surface area contributed by atoms with E-state index < -0.39 is 0 Å². The summed E-state index contributed by atoms with van der Waals surface area (Å²) in [6, 6.07) is 25.3. The van der Waals surface area contributed by atoms with Crippen molar-refractivity contribution in [3.63, 3.8) is 0 Å². The van der Waals surface area contributed by atoms with Crippen molar-refractivity contribution in [3.8, 4) is 0 Å². The van der Waals surface area contributed by atoms with E-state index in [4.69, 9.17) is 0 Å². The molecule has 2 heteroatoms. The third-order valence-corrected chi connectivity index (χ3v) is 5.43. The van der Waals surface area contributed by atoms with Crippen LogP contribution in [-0.2, 0) is 12.4 Å². The second-order valence-corrected chi connectivity index (χ2v) is 6.92. The number of thioether (sulfide) groups is 1. The molecule has 24 heavy (non-hydrogen) atoms. The van der Waals surface area contributed by atoms with Crippen LogP contribution in [0.5, 0.6) is 0 Å². The highest BCUT2D eigenvalue weighted by Gasteiger charge is 2.17. The van der Waals surface area contributed by atoms with Crippen molar-refractivity contribution in [2.45, 2.75) is 17.3 Å². The van der Waals surface area contributed by atoms with Crippen LogP contribution in [0.25, 0.3) is 11.6 Å². The van der Waals surface area contributed by atoms with Crippen LogP contribution in [0.3, 0.4) is 0 Å². The van der Waals surface area contributed by atoms with Gasteiger partial charge in [-0.3, -0.25) is 0 Å². The molecule has 118 valence electrons. The molecule has 4 rings (SSSR count). The Morgan fingerprint density at radius 2 is 1.67 bits per heavy atom. The lowest BCUT2D eigenvalue weighted by Gasteiger charge is -2.12. The summed E-state index contributed by atoms with van der Waals surface area (Å²) in [6.07, 6.45) is 2.24. The number of hydrogen-bond acceptors (Lipinski definition) is 2. The second kappa shape index (κ2) is 6.68. The van der Waals surface area contributed by atoms with Gasteiger partial charge in [-0.2, -0.15) is 0 Å². The Bertz CT molecular complexity index is 862. The third-order valence-electron chi connectivity index (χ3n) is 4.31. The lowest BCUT2D eigenvalue weighted by molar-refractivity contribution is 0.282. The van der Waals surface area contributed by atoms with Crippen molar-refractivity contribution < 1.29 is 5.11 Å². The summed E-state index contributed by atoms with van der Waals surface area (Å²) in [5.74, 6) is 0.987. The summed E-state index contributed by atoms with van der Waals surface area (Å²) in [4.78, 5) is 1.32. The highest BCUT2D eigenvalue weighted by molar-refractivity contribution is 7.98. The molecule has 0 atom stereocenters. The highest BCUT2D eigenvalue weighted by Crippen LogP contribution is 2.40. The monoisotopic (exact) mass is 330 g/mol. The van der Waals surface area contributed by atoms with Crippen LogP contribution >= 0.6 is 11.8 Å². The van der Waals surface area contributed by atoms with E-state index >= 15 is 0 Å². The van der Waals surface area contributed by atoms with Crippen LogP contribution in [-0.4, -0.2) is 5.11 Å². The fourth-order valence-corrected chi connectivity index (χ4v) is 4.20. The van der Waals surface area contributed by atoms with Crippen LogP contribution < -0.4 is 0 Å². The van der Waals surface area contributed by atoms with Gasteiger partial charge in [0.1, 0.15) is 0 Å². The van der Waals surface area contributed by atoms with E-state index in [1.54, 1.807) is 0 Å². The Morgan fingerprint density at radius 1 is 0.875 bits per heavy atom. The van der Waals surface area contributed by atoms with Gasteiger partial charge in [0.15, 0.2) is 0 Å². The summed E-state index contributed by atoms with van der Waals surface area (Å²) in [6.45, 7) is 0.0695. The molecule has 0 aliphatic carbocycles. The van der Waals surface area contributed by atoms with Gasteiger partial charge in [0.25, 0.3) is 0 Å². The van der Waals surface area contributed by atoms with Crippen LogP contribution in [0.4, 0.5) is 0 Å². The first-order valence-corrected chi connectivity index (χ1v) is 9.06. The van der Waals surface area contributed by atoms with Gasteiger partial charge in [-0.15, -0.1) is 11.8 Å². The minimum Gasteiger partial charge on any atom is -0.392 e. The Balaban J connectivity index is 1.94. The number of fused-ring (bicyclic) bond motifs is 2. The normalized spacial score (nSPS) is 14.8. The van der Waals surface area contributed by atoms with Crippen LogP contribution in [0, 0.1) is 0 Å². The van der Waals surface area contributed by atoms with Gasteiger partial charge >= 0.3 is 0 Å². The van der Waals surface area contributed by atoms with Gasteiger partial charge in [-0.25, -0.2) is 0 Å². The Morgan fingerprint density at radius 3 is 2.54 bits per heavy atom. The number of rotatable bonds is 2. The van der Waals surface area contributed by atoms with Crippen molar-refractivity contribution >= 4 is 23.4 Å². The predicted molar refractivity (Wildman–Crippen MR) is 102 cm³/mol. The van der Waals surface area contributed by atoms with Gasteiger partial charge in [-0.1, -0.05) is 60.7 Å². The maximum atomic E-state index is 9.40.